The van der Waals surface area contributed by atoms with E-state index in [0.29, 0.717) is 31.8 Å². The summed E-state index contributed by atoms with van der Waals surface area (Å²) in [6.07, 6.45) is 0. The predicted octanol–water partition coefficient (Wildman–Crippen LogP) is 2.45. The topological polar surface area (TPSA) is 41.6 Å². The Labute approximate surface area is 118 Å². The Morgan fingerprint density at radius 2 is 2.25 bits per heavy atom. The summed E-state index contributed by atoms with van der Waals surface area (Å²) in [5, 5.41) is 2.86. The van der Waals surface area contributed by atoms with Gasteiger partial charge in [-0.3, -0.25) is 0 Å². The molecule has 0 spiro atoms. The molecule has 1 aromatic rings. The summed E-state index contributed by atoms with van der Waals surface area (Å²) in [4.78, 5) is 13.8. The molecule has 1 aromatic carbocycles. The van der Waals surface area contributed by atoms with Crippen LogP contribution in [0.25, 0.3) is 0 Å². The molecule has 1 aliphatic rings. The minimum atomic E-state index is -0.304. The maximum absolute atomic E-state index is 13.2. The number of carbonyl (C=O) groups is 1. The van der Waals surface area contributed by atoms with Crippen molar-refractivity contribution >= 4 is 6.03 Å². The Kier molecular flexibility index (Phi) is 4.28. The molecule has 2 amide bonds. The summed E-state index contributed by atoms with van der Waals surface area (Å²) in [5.41, 5.74) is 1.18. The lowest BCUT2D eigenvalue weighted by Crippen LogP contribution is -2.53. The van der Waals surface area contributed by atoms with Crippen molar-refractivity contribution in [1.29, 1.82) is 0 Å². The van der Waals surface area contributed by atoms with E-state index >= 15 is 0 Å². The van der Waals surface area contributed by atoms with Crippen LogP contribution in [0.15, 0.2) is 18.2 Å². The highest BCUT2D eigenvalue weighted by molar-refractivity contribution is 5.74. The number of hydrogen-bond donors (Lipinski definition) is 1. The Morgan fingerprint density at radius 3 is 2.90 bits per heavy atom. The summed E-state index contributed by atoms with van der Waals surface area (Å²) >= 11 is 0. The van der Waals surface area contributed by atoms with Gasteiger partial charge in [0.15, 0.2) is 0 Å². The number of amides is 2. The molecule has 0 atom stereocenters. The number of hydrogen-bond acceptors (Lipinski definition) is 2. The van der Waals surface area contributed by atoms with Gasteiger partial charge in [-0.05, 0) is 38.0 Å². The molecular weight excluding hydrogens is 259 g/mol. The molecule has 0 aliphatic carbocycles. The molecule has 4 nitrogen and oxygen atoms in total. The number of benzene rings is 1. The number of urea groups is 1. The van der Waals surface area contributed by atoms with Crippen molar-refractivity contribution in [2.75, 3.05) is 19.7 Å². The van der Waals surface area contributed by atoms with Gasteiger partial charge in [0.05, 0.1) is 18.8 Å². The third-order valence-corrected chi connectivity index (χ3v) is 3.38. The van der Waals surface area contributed by atoms with Gasteiger partial charge in [0.2, 0.25) is 0 Å². The third-order valence-electron chi connectivity index (χ3n) is 3.38. The first-order valence-corrected chi connectivity index (χ1v) is 6.79. The Bertz CT molecular complexity index is 503. The second-order valence-corrected chi connectivity index (χ2v) is 5.77. The molecule has 110 valence electrons. The minimum absolute atomic E-state index is 0.108. The highest BCUT2D eigenvalue weighted by Gasteiger charge is 2.29. The van der Waals surface area contributed by atoms with Crippen LogP contribution in [0.2, 0.25) is 0 Å². The van der Waals surface area contributed by atoms with Crippen LogP contribution in [0, 0.1) is 12.7 Å². The van der Waals surface area contributed by atoms with E-state index in [0.717, 1.165) is 5.56 Å². The summed E-state index contributed by atoms with van der Waals surface area (Å²) in [6.45, 7) is 7.77. The SMILES string of the molecule is Cc1cc(CNC(=O)N2CCOC(C)(C)C2)ccc1F. The van der Waals surface area contributed by atoms with E-state index in [-0.39, 0.29) is 17.4 Å². The van der Waals surface area contributed by atoms with Crippen molar-refractivity contribution in [3.8, 4) is 0 Å². The molecule has 1 heterocycles. The van der Waals surface area contributed by atoms with E-state index in [9.17, 15) is 9.18 Å². The molecule has 1 fully saturated rings. The monoisotopic (exact) mass is 280 g/mol. The van der Waals surface area contributed by atoms with Gasteiger partial charge in [-0.1, -0.05) is 12.1 Å². The second kappa shape index (κ2) is 5.79. The zero-order chi connectivity index (χ0) is 14.8. The van der Waals surface area contributed by atoms with Crippen LogP contribution < -0.4 is 5.32 Å². The lowest BCUT2D eigenvalue weighted by molar-refractivity contribution is -0.0733. The van der Waals surface area contributed by atoms with Gasteiger partial charge in [-0.15, -0.1) is 0 Å². The lowest BCUT2D eigenvalue weighted by Gasteiger charge is -2.38. The molecule has 1 saturated heterocycles. The van der Waals surface area contributed by atoms with Gasteiger partial charge in [-0.25, -0.2) is 9.18 Å². The quantitative estimate of drug-likeness (QED) is 0.904. The Balaban J connectivity index is 1.90. The normalized spacial score (nSPS) is 17.9. The lowest BCUT2D eigenvalue weighted by atomic mass is 10.1. The van der Waals surface area contributed by atoms with Crippen LogP contribution in [-0.4, -0.2) is 36.2 Å². The van der Waals surface area contributed by atoms with Gasteiger partial charge in [-0.2, -0.15) is 0 Å². The average Bonchev–Trinajstić information content (AvgIpc) is 2.38. The van der Waals surface area contributed by atoms with Crippen LogP contribution >= 0.6 is 0 Å². The minimum Gasteiger partial charge on any atom is -0.372 e. The highest BCUT2D eigenvalue weighted by atomic mass is 19.1. The van der Waals surface area contributed by atoms with Crippen LogP contribution in [0.1, 0.15) is 25.0 Å². The molecule has 0 radical (unpaired) electrons. The van der Waals surface area contributed by atoms with E-state index in [1.807, 2.05) is 13.8 Å². The van der Waals surface area contributed by atoms with Crippen molar-refractivity contribution in [1.82, 2.24) is 10.2 Å². The van der Waals surface area contributed by atoms with Crippen molar-refractivity contribution in [3.05, 3.63) is 35.1 Å². The van der Waals surface area contributed by atoms with Crippen LogP contribution in [0.5, 0.6) is 0 Å². The Morgan fingerprint density at radius 1 is 1.50 bits per heavy atom. The smallest absolute Gasteiger partial charge is 0.317 e. The number of nitrogens with zero attached hydrogens (tertiary/aromatic N) is 1. The van der Waals surface area contributed by atoms with Gasteiger partial charge in [0, 0.05) is 13.1 Å². The summed E-state index contributed by atoms with van der Waals surface area (Å²) in [6, 6.07) is 4.75. The largest absolute Gasteiger partial charge is 0.372 e. The summed E-state index contributed by atoms with van der Waals surface area (Å²) in [5.74, 6) is -0.227. The molecule has 1 N–H and O–H groups in total. The second-order valence-electron chi connectivity index (χ2n) is 5.77. The predicted molar refractivity (Wildman–Crippen MR) is 75.0 cm³/mol. The standard InChI is InChI=1S/C15H21FN2O2/c1-11-8-12(4-5-13(11)16)9-17-14(19)18-6-7-20-15(2,3)10-18/h4-5,8H,6-7,9-10H2,1-3H3,(H,17,19). The fourth-order valence-corrected chi connectivity index (χ4v) is 2.30. The first kappa shape index (κ1) is 14.8. The third kappa shape index (κ3) is 3.70. The van der Waals surface area contributed by atoms with E-state index in [2.05, 4.69) is 5.32 Å². The number of rotatable bonds is 2. The summed E-state index contributed by atoms with van der Waals surface area (Å²) in [7, 11) is 0. The molecule has 0 aromatic heterocycles. The van der Waals surface area contributed by atoms with E-state index in [4.69, 9.17) is 4.74 Å². The number of halogens is 1. The number of morpholine rings is 1. The van der Waals surface area contributed by atoms with Crippen LogP contribution in [0.3, 0.4) is 0 Å². The van der Waals surface area contributed by atoms with Gasteiger partial charge < -0.3 is 15.0 Å². The van der Waals surface area contributed by atoms with Gasteiger partial charge >= 0.3 is 6.03 Å². The molecule has 0 bridgehead atoms. The Hall–Kier alpha value is -1.62. The van der Waals surface area contributed by atoms with Crippen molar-refractivity contribution in [3.63, 3.8) is 0 Å². The van der Waals surface area contributed by atoms with Crippen LogP contribution in [-0.2, 0) is 11.3 Å². The first-order valence-electron chi connectivity index (χ1n) is 6.79. The maximum Gasteiger partial charge on any atom is 0.317 e. The number of ether oxygens (including phenoxy) is 1. The van der Waals surface area contributed by atoms with E-state index in [1.54, 1.807) is 24.0 Å². The van der Waals surface area contributed by atoms with Crippen LogP contribution in [0.4, 0.5) is 9.18 Å². The fourth-order valence-electron chi connectivity index (χ4n) is 2.30. The van der Waals surface area contributed by atoms with Gasteiger partial charge in [0.1, 0.15) is 5.82 Å². The number of nitrogens with one attached hydrogen (secondary N) is 1. The fraction of sp³-hybridized carbons (Fsp3) is 0.533. The molecule has 2 rings (SSSR count). The first-order chi connectivity index (χ1) is 9.37. The molecular formula is C15H21FN2O2. The molecule has 5 heteroatoms. The highest BCUT2D eigenvalue weighted by Crippen LogP contribution is 2.16. The van der Waals surface area contributed by atoms with Crippen molar-refractivity contribution in [2.45, 2.75) is 32.9 Å². The van der Waals surface area contributed by atoms with Crippen molar-refractivity contribution < 1.29 is 13.9 Å². The van der Waals surface area contributed by atoms with E-state index in [1.165, 1.54) is 6.07 Å². The zero-order valence-corrected chi connectivity index (χ0v) is 12.2. The molecule has 20 heavy (non-hydrogen) atoms. The number of carbonyl (C=O) groups excluding carboxylic acids is 1. The maximum atomic E-state index is 13.2. The summed E-state index contributed by atoms with van der Waals surface area (Å²) < 4.78 is 18.7. The van der Waals surface area contributed by atoms with Crippen molar-refractivity contribution in [2.24, 2.45) is 0 Å². The number of aryl methyl sites for hydroxylation is 1. The zero-order valence-electron chi connectivity index (χ0n) is 12.2. The van der Waals surface area contributed by atoms with Gasteiger partial charge in [0.25, 0.3) is 0 Å². The molecule has 0 saturated carbocycles. The van der Waals surface area contributed by atoms with E-state index < -0.39 is 0 Å². The molecule has 1 aliphatic heterocycles. The molecule has 0 unspecified atom stereocenters. The average molecular weight is 280 g/mol.